The van der Waals surface area contributed by atoms with E-state index in [-0.39, 0.29) is 11.9 Å². The van der Waals surface area contributed by atoms with Gasteiger partial charge in [0.15, 0.2) is 0 Å². The largest absolute Gasteiger partial charge is 0.324 e. The number of amides is 1. The lowest BCUT2D eigenvalue weighted by molar-refractivity contribution is 0.0712. The number of aromatic nitrogens is 2. The number of carbonyl (C=O) groups excluding carboxylic acids is 1. The molecule has 2 aromatic heterocycles. The lowest BCUT2D eigenvalue weighted by Gasteiger charge is -2.22. The highest BCUT2D eigenvalue weighted by Gasteiger charge is 2.32. The zero-order valence-electron chi connectivity index (χ0n) is 10.3. The van der Waals surface area contributed by atoms with Crippen molar-refractivity contribution in [2.75, 3.05) is 0 Å². The van der Waals surface area contributed by atoms with Crippen molar-refractivity contribution in [1.82, 2.24) is 14.9 Å². The highest BCUT2D eigenvalue weighted by Crippen LogP contribution is 2.30. The quantitative estimate of drug-likeness (QED) is 0.832. The second-order valence-corrected chi connectivity index (χ2v) is 5.46. The van der Waals surface area contributed by atoms with Crippen molar-refractivity contribution in [3.8, 4) is 0 Å². The minimum absolute atomic E-state index is 0.00310. The maximum Gasteiger partial charge on any atom is 0.256 e. The number of hydrogen-bond donors (Lipinski definition) is 0. The van der Waals surface area contributed by atoms with Crippen molar-refractivity contribution in [2.45, 2.75) is 26.4 Å². The molecule has 3 heterocycles. The molecule has 0 aliphatic carbocycles. The normalized spacial score (nSPS) is 15.9. The van der Waals surface area contributed by atoms with Crippen LogP contribution in [0.2, 0.25) is 0 Å². The van der Waals surface area contributed by atoms with Gasteiger partial charge in [-0.2, -0.15) is 0 Å². The monoisotopic (exact) mass is 259 g/mol. The summed E-state index contributed by atoms with van der Waals surface area (Å²) in [5.74, 6) is 0.0521. The second-order valence-electron chi connectivity index (χ2n) is 4.40. The number of rotatable bonds is 2. The summed E-state index contributed by atoms with van der Waals surface area (Å²) < 4.78 is 0. The smallest absolute Gasteiger partial charge is 0.256 e. The van der Waals surface area contributed by atoms with E-state index in [0.29, 0.717) is 6.54 Å². The Bertz CT molecular complexity index is 608. The van der Waals surface area contributed by atoms with Crippen LogP contribution in [0.15, 0.2) is 23.7 Å². The van der Waals surface area contributed by atoms with Crippen LogP contribution in [0.4, 0.5) is 0 Å². The van der Waals surface area contributed by atoms with Crippen molar-refractivity contribution >= 4 is 17.2 Å². The number of hydrogen-bond acceptors (Lipinski definition) is 4. The van der Waals surface area contributed by atoms with Gasteiger partial charge in [0.05, 0.1) is 34.5 Å². The van der Waals surface area contributed by atoms with Gasteiger partial charge in [-0.25, -0.2) is 4.98 Å². The third kappa shape index (κ3) is 1.71. The molecule has 0 spiro atoms. The molecule has 0 unspecified atom stereocenters. The predicted molar refractivity (Wildman–Crippen MR) is 69.4 cm³/mol. The molecule has 0 bridgehead atoms. The van der Waals surface area contributed by atoms with Crippen LogP contribution in [0, 0.1) is 6.92 Å². The third-order valence-corrected chi connectivity index (χ3v) is 4.03. The molecule has 18 heavy (non-hydrogen) atoms. The zero-order valence-corrected chi connectivity index (χ0v) is 11.1. The second kappa shape index (κ2) is 4.17. The molecule has 1 aliphatic heterocycles. The summed E-state index contributed by atoms with van der Waals surface area (Å²) in [7, 11) is 0. The molecule has 1 aliphatic rings. The van der Waals surface area contributed by atoms with Crippen LogP contribution in [0.1, 0.15) is 39.7 Å². The molecule has 0 aromatic carbocycles. The van der Waals surface area contributed by atoms with E-state index in [1.807, 2.05) is 30.2 Å². The Morgan fingerprint density at radius 1 is 1.50 bits per heavy atom. The Morgan fingerprint density at radius 2 is 2.33 bits per heavy atom. The van der Waals surface area contributed by atoms with E-state index in [2.05, 4.69) is 9.97 Å². The molecule has 0 N–H and O–H groups in total. The van der Waals surface area contributed by atoms with Crippen molar-refractivity contribution in [2.24, 2.45) is 0 Å². The first-order valence-electron chi connectivity index (χ1n) is 5.83. The van der Waals surface area contributed by atoms with Crippen LogP contribution in [-0.2, 0) is 6.54 Å². The van der Waals surface area contributed by atoms with Gasteiger partial charge < -0.3 is 4.90 Å². The predicted octanol–water partition coefficient (Wildman–Crippen LogP) is 2.56. The summed E-state index contributed by atoms with van der Waals surface area (Å²) >= 11 is 1.61. The summed E-state index contributed by atoms with van der Waals surface area (Å²) in [5, 5.41) is 3.04. The molecule has 1 atom stereocenters. The molecule has 0 radical (unpaired) electrons. The maximum absolute atomic E-state index is 12.3. The maximum atomic E-state index is 12.3. The van der Waals surface area contributed by atoms with E-state index in [4.69, 9.17) is 0 Å². The van der Waals surface area contributed by atoms with E-state index in [0.717, 1.165) is 22.0 Å². The molecule has 1 amide bonds. The topological polar surface area (TPSA) is 46.1 Å². The average molecular weight is 259 g/mol. The van der Waals surface area contributed by atoms with E-state index in [1.165, 1.54) is 0 Å². The SMILES string of the molecule is Cc1nc([C@@H](C)N2Cc3ncccc3C2=O)cs1. The molecular weight excluding hydrogens is 246 g/mol. The molecular formula is C13H13N3OS. The summed E-state index contributed by atoms with van der Waals surface area (Å²) in [6.07, 6.45) is 1.73. The Morgan fingerprint density at radius 3 is 3.00 bits per heavy atom. The van der Waals surface area contributed by atoms with Gasteiger partial charge in [-0.3, -0.25) is 9.78 Å². The van der Waals surface area contributed by atoms with Crippen molar-refractivity contribution in [3.05, 3.63) is 45.7 Å². The van der Waals surface area contributed by atoms with Crippen LogP contribution < -0.4 is 0 Å². The van der Waals surface area contributed by atoms with Crippen LogP contribution in [-0.4, -0.2) is 20.8 Å². The fourth-order valence-corrected chi connectivity index (χ4v) is 2.89. The number of pyridine rings is 1. The fraction of sp³-hybridized carbons (Fsp3) is 0.308. The average Bonchev–Trinajstić information content (AvgIpc) is 2.94. The van der Waals surface area contributed by atoms with Gasteiger partial charge in [0.1, 0.15) is 0 Å². The lowest BCUT2D eigenvalue weighted by atomic mass is 10.2. The summed E-state index contributed by atoms with van der Waals surface area (Å²) in [6, 6.07) is 3.64. The zero-order chi connectivity index (χ0) is 12.7. The van der Waals surface area contributed by atoms with Gasteiger partial charge in [0.2, 0.25) is 0 Å². The van der Waals surface area contributed by atoms with Gasteiger partial charge in [0, 0.05) is 11.6 Å². The Kier molecular flexibility index (Phi) is 2.63. The standard InChI is InChI=1S/C13H13N3OS/c1-8(12-7-18-9(2)15-12)16-6-11-10(13(16)17)4-3-5-14-11/h3-5,7-8H,6H2,1-2H3/t8-/m1/s1. The summed E-state index contributed by atoms with van der Waals surface area (Å²) in [4.78, 5) is 22.8. The Balaban J connectivity index is 1.90. The van der Waals surface area contributed by atoms with Crippen LogP contribution >= 0.6 is 11.3 Å². The van der Waals surface area contributed by atoms with E-state index < -0.39 is 0 Å². The van der Waals surface area contributed by atoms with Crippen LogP contribution in [0.25, 0.3) is 0 Å². The van der Waals surface area contributed by atoms with Gasteiger partial charge in [-0.1, -0.05) is 0 Å². The highest BCUT2D eigenvalue weighted by molar-refractivity contribution is 7.09. The van der Waals surface area contributed by atoms with E-state index in [1.54, 1.807) is 23.6 Å². The lowest BCUT2D eigenvalue weighted by Crippen LogP contribution is -2.27. The number of thiazole rings is 1. The molecule has 0 saturated carbocycles. The van der Waals surface area contributed by atoms with Crippen molar-refractivity contribution < 1.29 is 4.79 Å². The Hall–Kier alpha value is -1.75. The third-order valence-electron chi connectivity index (χ3n) is 3.23. The number of aryl methyl sites for hydroxylation is 1. The number of carbonyl (C=O) groups is 1. The molecule has 0 fully saturated rings. The molecule has 0 saturated heterocycles. The van der Waals surface area contributed by atoms with E-state index in [9.17, 15) is 4.79 Å². The first-order chi connectivity index (χ1) is 8.66. The molecule has 2 aromatic rings. The fourth-order valence-electron chi connectivity index (χ4n) is 2.19. The number of fused-ring (bicyclic) bond motifs is 1. The first-order valence-corrected chi connectivity index (χ1v) is 6.71. The minimum Gasteiger partial charge on any atom is -0.324 e. The molecule has 4 nitrogen and oxygen atoms in total. The van der Waals surface area contributed by atoms with Gasteiger partial charge >= 0.3 is 0 Å². The highest BCUT2D eigenvalue weighted by atomic mass is 32.1. The molecule has 5 heteroatoms. The first kappa shape index (κ1) is 11.3. The minimum atomic E-state index is -0.00310. The molecule has 92 valence electrons. The Labute approximate surface area is 109 Å². The van der Waals surface area contributed by atoms with Crippen LogP contribution in [0.3, 0.4) is 0 Å². The van der Waals surface area contributed by atoms with E-state index >= 15 is 0 Å². The van der Waals surface area contributed by atoms with Gasteiger partial charge in [-0.15, -0.1) is 11.3 Å². The summed E-state index contributed by atoms with van der Waals surface area (Å²) in [5.41, 5.74) is 2.54. The van der Waals surface area contributed by atoms with Gasteiger partial charge in [-0.05, 0) is 26.0 Å². The summed E-state index contributed by atoms with van der Waals surface area (Å²) in [6.45, 7) is 4.56. The van der Waals surface area contributed by atoms with Gasteiger partial charge in [0.25, 0.3) is 5.91 Å². The van der Waals surface area contributed by atoms with Crippen LogP contribution in [0.5, 0.6) is 0 Å². The molecule has 3 rings (SSSR count). The van der Waals surface area contributed by atoms with Crippen molar-refractivity contribution in [3.63, 3.8) is 0 Å². The number of nitrogens with zero attached hydrogens (tertiary/aromatic N) is 3. The van der Waals surface area contributed by atoms with Crippen molar-refractivity contribution in [1.29, 1.82) is 0 Å².